The number of hydrogen-bond donors (Lipinski definition) is 1. The van der Waals surface area contributed by atoms with Crippen molar-refractivity contribution < 1.29 is 0 Å². The molecule has 0 heterocycles. The van der Waals surface area contributed by atoms with Crippen molar-refractivity contribution in [2.75, 3.05) is 0 Å². The summed E-state index contributed by atoms with van der Waals surface area (Å²) in [5, 5.41) is 0. The Kier molecular flexibility index (Phi) is 4.10. The van der Waals surface area contributed by atoms with E-state index in [9.17, 15) is 0 Å². The Hall–Kier alpha value is -1.08. The third-order valence-electron chi connectivity index (χ3n) is 2.79. The lowest BCUT2D eigenvalue weighted by Crippen LogP contribution is -2.13. The van der Waals surface area contributed by atoms with Gasteiger partial charge in [0.05, 0.1) is 0 Å². The average Bonchev–Trinajstić information content (AvgIpc) is 2.12. The maximum Gasteiger partial charge on any atom is 0.0303 e. The molecule has 0 spiro atoms. The van der Waals surface area contributed by atoms with Gasteiger partial charge < -0.3 is 5.73 Å². The molecule has 0 amide bonds. The van der Waals surface area contributed by atoms with Gasteiger partial charge in [0.15, 0.2) is 0 Å². The summed E-state index contributed by atoms with van der Waals surface area (Å²) in [6.45, 7) is 10.1. The standard InChI is InChI=1S/C14H21N/c1-5-6-7-13(15)14-11(3)8-10(2)9-12(14)4/h5,8-9,13H,1,6-7,15H2,2-4H3/t13-/m0/s1. The molecule has 1 aromatic rings. The van der Waals surface area contributed by atoms with Crippen LogP contribution in [0.5, 0.6) is 0 Å². The van der Waals surface area contributed by atoms with Crippen LogP contribution in [0.15, 0.2) is 24.8 Å². The van der Waals surface area contributed by atoms with Crippen molar-refractivity contribution in [1.82, 2.24) is 0 Å². The number of allylic oxidation sites excluding steroid dienone is 1. The first-order valence-electron chi connectivity index (χ1n) is 5.50. The molecule has 0 bridgehead atoms. The molecule has 1 rings (SSSR count). The smallest absolute Gasteiger partial charge is 0.0303 e. The van der Waals surface area contributed by atoms with E-state index in [1.165, 1.54) is 22.3 Å². The molecule has 0 saturated heterocycles. The second-order valence-corrected chi connectivity index (χ2v) is 4.28. The van der Waals surface area contributed by atoms with E-state index in [1.54, 1.807) is 0 Å². The van der Waals surface area contributed by atoms with Crippen LogP contribution in [0.4, 0.5) is 0 Å². The minimum Gasteiger partial charge on any atom is -0.324 e. The Labute approximate surface area is 93.0 Å². The Balaban J connectivity index is 2.97. The summed E-state index contributed by atoms with van der Waals surface area (Å²) in [7, 11) is 0. The third-order valence-corrected chi connectivity index (χ3v) is 2.79. The highest BCUT2D eigenvalue weighted by Crippen LogP contribution is 2.24. The largest absolute Gasteiger partial charge is 0.324 e. The summed E-state index contributed by atoms with van der Waals surface area (Å²) in [5.41, 5.74) is 11.4. The predicted molar refractivity (Wildman–Crippen MR) is 67.0 cm³/mol. The predicted octanol–water partition coefficient (Wildman–Crippen LogP) is 3.58. The molecule has 0 aromatic heterocycles. The summed E-state index contributed by atoms with van der Waals surface area (Å²) in [6, 6.07) is 4.55. The molecule has 1 nitrogen and oxygen atoms in total. The van der Waals surface area contributed by atoms with Gasteiger partial charge in [-0.25, -0.2) is 0 Å². The molecular formula is C14H21N. The number of nitrogens with two attached hydrogens (primary N) is 1. The summed E-state index contributed by atoms with van der Waals surface area (Å²) >= 11 is 0. The van der Waals surface area contributed by atoms with Gasteiger partial charge >= 0.3 is 0 Å². The zero-order valence-corrected chi connectivity index (χ0v) is 10.0. The second-order valence-electron chi connectivity index (χ2n) is 4.28. The zero-order valence-electron chi connectivity index (χ0n) is 10.0. The van der Waals surface area contributed by atoms with Crippen LogP contribution in [0.25, 0.3) is 0 Å². The second kappa shape index (κ2) is 5.13. The van der Waals surface area contributed by atoms with E-state index < -0.39 is 0 Å². The first kappa shape index (κ1) is 12.0. The van der Waals surface area contributed by atoms with Gasteiger partial charge in [-0.2, -0.15) is 0 Å². The van der Waals surface area contributed by atoms with Crippen molar-refractivity contribution in [3.63, 3.8) is 0 Å². The minimum absolute atomic E-state index is 0.142. The Morgan fingerprint density at radius 2 is 1.80 bits per heavy atom. The van der Waals surface area contributed by atoms with E-state index >= 15 is 0 Å². The average molecular weight is 203 g/mol. The van der Waals surface area contributed by atoms with Gasteiger partial charge in [0.1, 0.15) is 0 Å². The zero-order chi connectivity index (χ0) is 11.4. The van der Waals surface area contributed by atoms with Crippen molar-refractivity contribution >= 4 is 0 Å². The van der Waals surface area contributed by atoms with E-state index in [-0.39, 0.29) is 6.04 Å². The van der Waals surface area contributed by atoms with E-state index in [0.29, 0.717) is 0 Å². The van der Waals surface area contributed by atoms with Gasteiger partial charge in [0, 0.05) is 6.04 Å². The fraction of sp³-hybridized carbons (Fsp3) is 0.429. The highest BCUT2D eigenvalue weighted by molar-refractivity contribution is 5.39. The van der Waals surface area contributed by atoms with Crippen molar-refractivity contribution in [1.29, 1.82) is 0 Å². The fourth-order valence-corrected chi connectivity index (χ4v) is 2.22. The molecular weight excluding hydrogens is 182 g/mol. The lowest BCUT2D eigenvalue weighted by molar-refractivity contribution is 0.653. The maximum absolute atomic E-state index is 6.19. The van der Waals surface area contributed by atoms with Gasteiger partial charge in [0.2, 0.25) is 0 Å². The van der Waals surface area contributed by atoms with Crippen LogP contribution < -0.4 is 5.73 Å². The van der Waals surface area contributed by atoms with E-state index in [2.05, 4.69) is 39.5 Å². The first-order chi connectivity index (χ1) is 7.06. The lowest BCUT2D eigenvalue weighted by Gasteiger charge is -2.17. The van der Waals surface area contributed by atoms with Gasteiger partial charge in [-0.15, -0.1) is 6.58 Å². The van der Waals surface area contributed by atoms with Gasteiger partial charge in [-0.05, 0) is 50.3 Å². The molecule has 0 saturated carbocycles. The maximum atomic E-state index is 6.19. The fourth-order valence-electron chi connectivity index (χ4n) is 2.22. The lowest BCUT2D eigenvalue weighted by atomic mass is 9.92. The third kappa shape index (κ3) is 2.93. The van der Waals surface area contributed by atoms with E-state index in [1.807, 2.05) is 6.08 Å². The van der Waals surface area contributed by atoms with Crippen molar-refractivity contribution in [3.8, 4) is 0 Å². The Bertz CT molecular complexity index is 329. The van der Waals surface area contributed by atoms with Crippen LogP contribution in [0.1, 0.15) is 41.1 Å². The highest BCUT2D eigenvalue weighted by atomic mass is 14.6. The summed E-state index contributed by atoms with van der Waals surface area (Å²) in [5.74, 6) is 0. The molecule has 0 aliphatic rings. The monoisotopic (exact) mass is 203 g/mol. The van der Waals surface area contributed by atoms with Crippen LogP contribution in [0.2, 0.25) is 0 Å². The molecule has 0 radical (unpaired) electrons. The molecule has 2 N–H and O–H groups in total. The van der Waals surface area contributed by atoms with Crippen LogP contribution in [-0.2, 0) is 0 Å². The van der Waals surface area contributed by atoms with Crippen molar-refractivity contribution in [3.05, 3.63) is 47.0 Å². The minimum atomic E-state index is 0.142. The van der Waals surface area contributed by atoms with E-state index in [4.69, 9.17) is 5.73 Å². The molecule has 0 aliphatic carbocycles. The molecule has 1 atom stereocenters. The van der Waals surface area contributed by atoms with Gasteiger partial charge in [0.25, 0.3) is 0 Å². The van der Waals surface area contributed by atoms with Crippen LogP contribution in [-0.4, -0.2) is 0 Å². The topological polar surface area (TPSA) is 26.0 Å². The summed E-state index contributed by atoms with van der Waals surface area (Å²) < 4.78 is 0. The van der Waals surface area contributed by atoms with Crippen molar-refractivity contribution in [2.24, 2.45) is 5.73 Å². The molecule has 15 heavy (non-hydrogen) atoms. The van der Waals surface area contributed by atoms with Crippen LogP contribution in [0, 0.1) is 20.8 Å². The summed E-state index contributed by atoms with van der Waals surface area (Å²) in [4.78, 5) is 0. The van der Waals surface area contributed by atoms with Crippen molar-refractivity contribution in [2.45, 2.75) is 39.7 Å². The number of benzene rings is 1. The van der Waals surface area contributed by atoms with Crippen LogP contribution in [0.3, 0.4) is 0 Å². The first-order valence-corrected chi connectivity index (χ1v) is 5.50. The molecule has 0 fully saturated rings. The molecule has 0 unspecified atom stereocenters. The SMILES string of the molecule is C=CCC[C@H](N)c1c(C)cc(C)cc1C. The van der Waals surface area contributed by atoms with Crippen LogP contribution >= 0.6 is 0 Å². The van der Waals surface area contributed by atoms with E-state index in [0.717, 1.165) is 12.8 Å². The normalized spacial score (nSPS) is 12.5. The number of aryl methyl sites for hydroxylation is 3. The highest BCUT2D eigenvalue weighted by Gasteiger charge is 2.11. The Morgan fingerprint density at radius 1 is 1.27 bits per heavy atom. The molecule has 1 aromatic carbocycles. The van der Waals surface area contributed by atoms with Gasteiger partial charge in [-0.1, -0.05) is 23.8 Å². The van der Waals surface area contributed by atoms with Gasteiger partial charge in [-0.3, -0.25) is 0 Å². The number of hydrogen-bond acceptors (Lipinski definition) is 1. The Morgan fingerprint density at radius 3 is 2.27 bits per heavy atom. The number of rotatable bonds is 4. The quantitative estimate of drug-likeness (QED) is 0.744. The summed E-state index contributed by atoms with van der Waals surface area (Å²) in [6.07, 6.45) is 3.89. The molecule has 82 valence electrons. The molecule has 0 aliphatic heterocycles. The molecule has 1 heteroatoms.